The van der Waals surface area contributed by atoms with Crippen LogP contribution in [0.4, 0.5) is 8.78 Å². The summed E-state index contributed by atoms with van der Waals surface area (Å²) in [5, 5.41) is 0. The molecule has 0 spiro atoms. The van der Waals surface area contributed by atoms with Gasteiger partial charge in [-0.1, -0.05) is 13.2 Å². The van der Waals surface area contributed by atoms with Gasteiger partial charge in [0.15, 0.2) is 0 Å². The minimum atomic E-state index is -0.905. The molecule has 0 aromatic heterocycles. The van der Waals surface area contributed by atoms with E-state index in [2.05, 4.69) is 13.2 Å². The first-order chi connectivity index (χ1) is 23.7. The maximum atomic E-state index is 14.9. The molecule has 2 unspecified atom stereocenters. The van der Waals surface area contributed by atoms with Gasteiger partial charge in [-0.2, -0.15) is 0 Å². The van der Waals surface area contributed by atoms with Gasteiger partial charge in [0, 0.05) is 48.3 Å². The molecule has 12 heteroatoms. The van der Waals surface area contributed by atoms with Crippen molar-refractivity contribution in [2.45, 2.75) is 43.9 Å². The summed E-state index contributed by atoms with van der Waals surface area (Å²) in [5.74, 6) is -3.60. The highest BCUT2D eigenvalue weighted by atomic mass is 19.1. The Kier molecular flexibility index (Phi) is 11.4. The summed E-state index contributed by atoms with van der Waals surface area (Å²) in [6, 6.07) is 10.5. The molecule has 1 fully saturated rings. The summed E-state index contributed by atoms with van der Waals surface area (Å²) in [7, 11) is 0. The van der Waals surface area contributed by atoms with Crippen LogP contribution in [-0.4, -0.2) is 50.3 Å². The number of rotatable bonds is 16. The van der Waals surface area contributed by atoms with Crippen molar-refractivity contribution in [3.63, 3.8) is 0 Å². The van der Waals surface area contributed by atoms with E-state index in [0.29, 0.717) is 12.8 Å². The summed E-state index contributed by atoms with van der Waals surface area (Å²) in [5.41, 5.74) is 0.850. The fourth-order valence-corrected chi connectivity index (χ4v) is 5.90. The van der Waals surface area contributed by atoms with Gasteiger partial charge < -0.3 is 28.4 Å². The summed E-state index contributed by atoms with van der Waals surface area (Å²) in [4.78, 5) is 48.3. The summed E-state index contributed by atoms with van der Waals surface area (Å²) in [6.45, 7) is 7.16. The zero-order valence-corrected chi connectivity index (χ0v) is 26.5. The van der Waals surface area contributed by atoms with Crippen molar-refractivity contribution in [2.24, 2.45) is 0 Å². The first-order valence-electron chi connectivity index (χ1n) is 15.7. The van der Waals surface area contributed by atoms with Crippen LogP contribution in [0.15, 0.2) is 73.8 Å². The predicted molar refractivity (Wildman–Crippen MR) is 171 cm³/mol. The summed E-state index contributed by atoms with van der Waals surface area (Å²) < 4.78 is 61.9. The first kappa shape index (κ1) is 34.8. The van der Waals surface area contributed by atoms with Crippen molar-refractivity contribution < 1.29 is 56.4 Å². The van der Waals surface area contributed by atoms with Crippen molar-refractivity contribution in [3.8, 4) is 23.0 Å². The molecule has 0 N–H and O–H groups in total. The molecular formula is C37H34F2O10. The lowest BCUT2D eigenvalue weighted by Gasteiger charge is -2.21. The number of esters is 4. The van der Waals surface area contributed by atoms with Gasteiger partial charge in [0.1, 0.15) is 34.6 Å². The normalized spacial score (nSPS) is 15.5. The second kappa shape index (κ2) is 16.1. The molecule has 5 rings (SSSR count). The van der Waals surface area contributed by atoms with Gasteiger partial charge in [0.25, 0.3) is 0 Å². The van der Waals surface area contributed by atoms with Crippen molar-refractivity contribution in [1.29, 1.82) is 0 Å². The second-order valence-electron chi connectivity index (χ2n) is 11.3. The van der Waals surface area contributed by atoms with E-state index in [1.54, 1.807) is 0 Å². The fraction of sp³-hybridized carbons (Fsp3) is 0.297. The molecule has 3 aromatic carbocycles. The number of halogens is 2. The quantitative estimate of drug-likeness (QED) is 0.0696. The van der Waals surface area contributed by atoms with Crippen LogP contribution in [0.2, 0.25) is 0 Å². The lowest BCUT2D eigenvalue weighted by molar-refractivity contribution is -0.138. The average molecular weight is 677 g/mol. The Morgan fingerprint density at radius 1 is 0.653 bits per heavy atom. The third-order valence-electron chi connectivity index (χ3n) is 8.12. The smallest absolute Gasteiger partial charge is 0.346 e. The third-order valence-corrected chi connectivity index (χ3v) is 8.12. The van der Waals surface area contributed by atoms with E-state index >= 15 is 0 Å². The Balaban J connectivity index is 1.22. The zero-order chi connectivity index (χ0) is 34.9. The lowest BCUT2D eigenvalue weighted by atomic mass is 9.90. The van der Waals surface area contributed by atoms with Gasteiger partial charge in [0.05, 0.1) is 37.6 Å². The summed E-state index contributed by atoms with van der Waals surface area (Å²) in [6.07, 6.45) is 5.32. The molecule has 0 aliphatic heterocycles. The van der Waals surface area contributed by atoms with Crippen LogP contribution in [0.3, 0.4) is 0 Å². The van der Waals surface area contributed by atoms with Crippen molar-refractivity contribution in [2.75, 3.05) is 26.4 Å². The Morgan fingerprint density at radius 3 is 1.47 bits per heavy atom. The molecule has 0 amide bonds. The Hall–Kier alpha value is -5.52. The minimum absolute atomic E-state index is 0.0567. The van der Waals surface area contributed by atoms with E-state index < -0.39 is 35.5 Å². The van der Waals surface area contributed by atoms with Gasteiger partial charge in [-0.05, 0) is 67.5 Å². The molecule has 2 atom stereocenters. The SMILES string of the molecule is C=CC(=O)OCCCOc1ccc(C(=O)Oc2ccc(OC(=O)c3ccc(OCCCOC(=O)C=C)cc3F)c3c2C2CCC3C2)c(F)c1. The van der Waals surface area contributed by atoms with Gasteiger partial charge in [-0.3, -0.25) is 0 Å². The number of hydrogen-bond donors (Lipinski definition) is 0. The molecule has 49 heavy (non-hydrogen) atoms. The van der Waals surface area contributed by atoms with Crippen LogP contribution >= 0.6 is 0 Å². The van der Waals surface area contributed by atoms with E-state index in [-0.39, 0.29) is 72.4 Å². The van der Waals surface area contributed by atoms with Gasteiger partial charge >= 0.3 is 23.9 Å². The minimum Gasteiger partial charge on any atom is -0.493 e. The van der Waals surface area contributed by atoms with E-state index in [9.17, 15) is 28.0 Å². The van der Waals surface area contributed by atoms with E-state index in [1.165, 1.54) is 36.4 Å². The molecule has 1 saturated carbocycles. The third kappa shape index (κ3) is 8.50. The number of hydrogen-bond acceptors (Lipinski definition) is 10. The molecule has 0 heterocycles. The van der Waals surface area contributed by atoms with Crippen molar-refractivity contribution >= 4 is 23.9 Å². The Bertz CT molecular complexity index is 1640. The average Bonchev–Trinajstić information content (AvgIpc) is 3.72. The van der Waals surface area contributed by atoms with Crippen molar-refractivity contribution in [1.82, 2.24) is 0 Å². The van der Waals surface area contributed by atoms with Crippen molar-refractivity contribution in [3.05, 3.63) is 108 Å². The van der Waals surface area contributed by atoms with Gasteiger partial charge in [-0.25, -0.2) is 28.0 Å². The number of fused-ring (bicyclic) bond motifs is 5. The number of benzene rings is 3. The molecule has 0 saturated heterocycles. The number of ether oxygens (including phenoxy) is 6. The van der Waals surface area contributed by atoms with E-state index in [0.717, 1.165) is 54.7 Å². The molecule has 0 radical (unpaired) electrons. The van der Waals surface area contributed by atoms with E-state index in [4.69, 9.17) is 28.4 Å². The van der Waals surface area contributed by atoms with Crippen LogP contribution in [-0.2, 0) is 19.1 Å². The van der Waals surface area contributed by atoms with Crippen LogP contribution in [0.5, 0.6) is 23.0 Å². The first-order valence-corrected chi connectivity index (χ1v) is 15.7. The molecule has 256 valence electrons. The van der Waals surface area contributed by atoms with E-state index in [1.807, 2.05) is 0 Å². The standard InChI is InChI=1S/C37H34F2O10/c1-3-32(40)46-17-5-15-44-24-9-11-26(28(38)20-24)36(42)48-30-13-14-31(35-23-8-7-22(19-23)34(30)35)49-37(43)27-12-10-25(21-29(27)39)45-16-6-18-47-33(41)4-2/h3-4,9-14,20-23H,1-2,5-8,15-19H2. The number of carbonyl (C=O) groups is 4. The van der Waals surface area contributed by atoms with Crippen LogP contribution in [0, 0.1) is 11.6 Å². The van der Waals surface area contributed by atoms with Gasteiger partial charge in [-0.15, -0.1) is 0 Å². The predicted octanol–water partition coefficient (Wildman–Crippen LogP) is 6.76. The Labute approximate surface area is 281 Å². The fourth-order valence-electron chi connectivity index (χ4n) is 5.90. The zero-order valence-electron chi connectivity index (χ0n) is 26.5. The van der Waals surface area contributed by atoms with Crippen LogP contribution in [0.25, 0.3) is 0 Å². The highest BCUT2D eigenvalue weighted by molar-refractivity contribution is 5.93. The van der Waals surface area contributed by atoms with Gasteiger partial charge in [0.2, 0.25) is 0 Å². The van der Waals surface area contributed by atoms with Crippen LogP contribution in [0.1, 0.15) is 75.8 Å². The number of carbonyl (C=O) groups excluding carboxylic acids is 4. The Morgan fingerprint density at radius 2 is 1.08 bits per heavy atom. The maximum Gasteiger partial charge on any atom is 0.346 e. The molecule has 3 aromatic rings. The van der Waals surface area contributed by atoms with Crippen LogP contribution < -0.4 is 18.9 Å². The summed E-state index contributed by atoms with van der Waals surface area (Å²) >= 11 is 0. The topological polar surface area (TPSA) is 124 Å². The molecular weight excluding hydrogens is 642 g/mol. The highest BCUT2D eigenvalue weighted by Crippen LogP contribution is 2.58. The molecule has 2 aliphatic rings. The maximum absolute atomic E-state index is 14.9. The molecule has 2 bridgehead atoms. The highest BCUT2D eigenvalue weighted by Gasteiger charge is 2.42. The second-order valence-corrected chi connectivity index (χ2v) is 11.3. The largest absolute Gasteiger partial charge is 0.493 e. The monoisotopic (exact) mass is 676 g/mol. The molecule has 2 aliphatic carbocycles. The lowest BCUT2D eigenvalue weighted by Crippen LogP contribution is -2.16. The molecule has 10 nitrogen and oxygen atoms in total.